The van der Waals surface area contributed by atoms with Gasteiger partial charge in [-0.25, -0.2) is 19.4 Å². The number of nitrogens with zero attached hydrogens (tertiary/aromatic N) is 2. The van der Waals surface area contributed by atoms with Crippen LogP contribution in [0.25, 0.3) is 0 Å². The van der Waals surface area contributed by atoms with Crippen molar-refractivity contribution >= 4 is 34.6 Å². The molecule has 0 bridgehead atoms. The SMILES string of the molecule is CC(C)(C)OC(=O)N(C(=O)OC(C)(C)C)c1nc(C(=O)O)cs1. The summed E-state index contributed by atoms with van der Waals surface area (Å²) in [5.41, 5.74) is -1.96. The number of carboxylic acid groups (broad SMARTS) is 1. The number of carbonyl (C=O) groups is 3. The minimum absolute atomic E-state index is 0.133. The van der Waals surface area contributed by atoms with Crippen LogP contribution in [0.4, 0.5) is 14.7 Å². The third-order valence-corrected chi connectivity index (χ3v) is 2.88. The van der Waals surface area contributed by atoms with Gasteiger partial charge in [0, 0.05) is 5.38 Å². The van der Waals surface area contributed by atoms with Crippen LogP contribution in [0.15, 0.2) is 5.38 Å². The van der Waals surface area contributed by atoms with Gasteiger partial charge in [0.15, 0.2) is 5.69 Å². The molecule has 1 heterocycles. The highest BCUT2D eigenvalue weighted by Crippen LogP contribution is 2.25. The van der Waals surface area contributed by atoms with Gasteiger partial charge in [-0.3, -0.25) is 0 Å². The summed E-state index contributed by atoms with van der Waals surface area (Å²) in [4.78, 5) is 39.8. The van der Waals surface area contributed by atoms with Gasteiger partial charge >= 0.3 is 18.2 Å². The number of carboxylic acids is 1. The second-order valence-corrected chi connectivity index (χ2v) is 7.45. The Bertz CT molecular complexity index is 584. The lowest BCUT2D eigenvalue weighted by Gasteiger charge is -2.27. The number of aromatic nitrogens is 1. The topological polar surface area (TPSA) is 106 Å². The zero-order chi connectivity index (χ0) is 18.0. The van der Waals surface area contributed by atoms with Gasteiger partial charge in [0.05, 0.1) is 0 Å². The lowest BCUT2D eigenvalue weighted by Crippen LogP contribution is -2.43. The third-order valence-electron chi connectivity index (χ3n) is 2.05. The standard InChI is InChI=1S/C14H20N2O6S/c1-13(2,3)21-11(19)16(12(20)22-14(4,5)6)10-15-8(7-23-10)9(17)18/h7H,1-6H3,(H,17,18). The van der Waals surface area contributed by atoms with Crippen LogP contribution in [0.3, 0.4) is 0 Å². The Kier molecular flexibility index (Phi) is 5.36. The fourth-order valence-corrected chi connectivity index (χ4v) is 2.09. The Morgan fingerprint density at radius 2 is 1.48 bits per heavy atom. The minimum atomic E-state index is -1.26. The van der Waals surface area contributed by atoms with E-state index in [-0.39, 0.29) is 10.8 Å². The molecular weight excluding hydrogens is 324 g/mol. The molecule has 0 saturated heterocycles. The van der Waals surface area contributed by atoms with Crippen LogP contribution in [-0.4, -0.2) is 39.4 Å². The smallest absolute Gasteiger partial charge is 0.426 e. The molecule has 0 aliphatic carbocycles. The molecule has 0 atom stereocenters. The molecule has 8 nitrogen and oxygen atoms in total. The molecule has 23 heavy (non-hydrogen) atoms. The number of carbonyl (C=O) groups excluding carboxylic acids is 2. The van der Waals surface area contributed by atoms with Gasteiger partial charge < -0.3 is 14.6 Å². The van der Waals surface area contributed by atoms with E-state index in [9.17, 15) is 14.4 Å². The molecule has 1 aromatic rings. The number of hydrogen-bond acceptors (Lipinski definition) is 7. The second-order valence-electron chi connectivity index (χ2n) is 6.62. The first-order valence-electron chi connectivity index (χ1n) is 6.75. The summed E-state index contributed by atoms with van der Waals surface area (Å²) in [7, 11) is 0. The normalized spacial score (nSPS) is 11.7. The second kappa shape index (κ2) is 6.53. The molecule has 2 amide bonds. The first-order valence-corrected chi connectivity index (χ1v) is 7.63. The summed E-state index contributed by atoms with van der Waals surface area (Å²) in [5.74, 6) is -1.26. The molecule has 1 N–H and O–H groups in total. The molecule has 0 radical (unpaired) electrons. The third kappa shape index (κ3) is 5.85. The number of aromatic carboxylic acids is 1. The first kappa shape index (κ1) is 18.9. The van der Waals surface area contributed by atoms with Crippen LogP contribution in [0.2, 0.25) is 0 Å². The van der Waals surface area contributed by atoms with Crippen LogP contribution < -0.4 is 4.90 Å². The van der Waals surface area contributed by atoms with E-state index in [0.717, 1.165) is 11.3 Å². The van der Waals surface area contributed by atoms with Gasteiger partial charge in [-0.15, -0.1) is 11.3 Å². The van der Waals surface area contributed by atoms with E-state index in [0.29, 0.717) is 4.90 Å². The predicted octanol–water partition coefficient (Wildman–Crippen LogP) is 3.52. The van der Waals surface area contributed by atoms with Crippen molar-refractivity contribution in [1.29, 1.82) is 0 Å². The zero-order valence-electron chi connectivity index (χ0n) is 13.9. The summed E-state index contributed by atoms with van der Waals surface area (Å²) in [5, 5.41) is 10.0. The number of hydrogen-bond donors (Lipinski definition) is 1. The monoisotopic (exact) mass is 344 g/mol. The van der Waals surface area contributed by atoms with Crippen molar-refractivity contribution in [1.82, 2.24) is 4.98 Å². The highest BCUT2D eigenvalue weighted by molar-refractivity contribution is 7.14. The average molecular weight is 344 g/mol. The molecule has 1 aromatic heterocycles. The summed E-state index contributed by atoms with van der Waals surface area (Å²) in [6.45, 7) is 9.85. The summed E-state index contributed by atoms with van der Waals surface area (Å²) < 4.78 is 10.3. The van der Waals surface area contributed by atoms with E-state index in [4.69, 9.17) is 14.6 Å². The zero-order valence-corrected chi connectivity index (χ0v) is 14.7. The number of rotatable bonds is 2. The molecule has 0 aliphatic rings. The lowest BCUT2D eigenvalue weighted by molar-refractivity contribution is 0.0429. The van der Waals surface area contributed by atoms with Gasteiger partial charge in [-0.1, -0.05) is 0 Å². The van der Waals surface area contributed by atoms with Crippen LogP contribution in [0.5, 0.6) is 0 Å². The molecule has 0 spiro atoms. The van der Waals surface area contributed by atoms with Crippen LogP contribution in [0, 0.1) is 0 Å². The number of imide groups is 1. The Balaban J connectivity index is 3.16. The Labute approximate surface area is 138 Å². The fraction of sp³-hybridized carbons (Fsp3) is 0.571. The molecule has 0 saturated carbocycles. The molecule has 9 heteroatoms. The number of ether oxygens (including phenoxy) is 2. The largest absolute Gasteiger partial charge is 0.476 e. The summed E-state index contributed by atoms with van der Waals surface area (Å²) >= 11 is 0.827. The van der Waals surface area contributed by atoms with Gasteiger partial charge in [0.1, 0.15) is 11.2 Å². The molecule has 1 rings (SSSR count). The van der Waals surface area contributed by atoms with Crippen LogP contribution in [0.1, 0.15) is 52.0 Å². The van der Waals surface area contributed by atoms with E-state index >= 15 is 0 Å². The average Bonchev–Trinajstić information content (AvgIpc) is 2.73. The molecule has 0 unspecified atom stereocenters. The first-order chi connectivity index (χ1) is 10.3. The van der Waals surface area contributed by atoms with Crippen molar-refractivity contribution in [3.8, 4) is 0 Å². The van der Waals surface area contributed by atoms with Crippen molar-refractivity contribution in [2.75, 3.05) is 4.90 Å². The van der Waals surface area contributed by atoms with Crippen molar-refractivity contribution in [2.24, 2.45) is 0 Å². The summed E-state index contributed by atoms with van der Waals surface area (Å²) in [6.07, 6.45) is -1.98. The molecule has 0 aromatic carbocycles. The Morgan fingerprint density at radius 3 is 1.78 bits per heavy atom. The van der Waals surface area contributed by atoms with Crippen molar-refractivity contribution < 1.29 is 29.0 Å². The quantitative estimate of drug-likeness (QED) is 0.874. The maximum absolute atomic E-state index is 12.3. The molecule has 0 aliphatic heterocycles. The highest BCUT2D eigenvalue weighted by Gasteiger charge is 2.34. The van der Waals surface area contributed by atoms with Crippen LogP contribution in [-0.2, 0) is 9.47 Å². The van der Waals surface area contributed by atoms with Gasteiger partial charge in [-0.05, 0) is 41.5 Å². The number of anilines is 1. The number of amides is 2. The molecule has 128 valence electrons. The minimum Gasteiger partial charge on any atom is -0.476 e. The maximum Gasteiger partial charge on any atom is 0.426 e. The van der Waals surface area contributed by atoms with E-state index in [1.165, 1.54) is 5.38 Å². The van der Waals surface area contributed by atoms with Crippen molar-refractivity contribution in [3.63, 3.8) is 0 Å². The molecule has 0 fully saturated rings. The molecular formula is C14H20N2O6S. The fourth-order valence-electron chi connectivity index (χ4n) is 1.31. The van der Waals surface area contributed by atoms with Gasteiger partial charge in [0.25, 0.3) is 0 Å². The Morgan fingerprint density at radius 1 is 1.04 bits per heavy atom. The number of thiazole rings is 1. The summed E-state index contributed by atoms with van der Waals surface area (Å²) in [6, 6.07) is 0. The predicted molar refractivity (Wildman–Crippen MR) is 84.0 cm³/mol. The van der Waals surface area contributed by atoms with E-state index < -0.39 is 29.4 Å². The van der Waals surface area contributed by atoms with Crippen LogP contribution >= 0.6 is 11.3 Å². The lowest BCUT2D eigenvalue weighted by atomic mass is 10.2. The van der Waals surface area contributed by atoms with Gasteiger partial charge in [-0.2, -0.15) is 4.90 Å². The van der Waals surface area contributed by atoms with Crippen molar-refractivity contribution in [3.05, 3.63) is 11.1 Å². The Hall–Kier alpha value is -2.16. The van der Waals surface area contributed by atoms with E-state index in [2.05, 4.69) is 4.98 Å². The maximum atomic E-state index is 12.3. The highest BCUT2D eigenvalue weighted by atomic mass is 32.1. The van der Waals surface area contributed by atoms with E-state index in [1.807, 2.05) is 0 Å². The van der Waals surface area contributed by atoms with Crippen molar-refractivity contribution in [2.45, 2.75) is 52.7 Å². The van der Waals surface area contributed by atoms with Gasteiger partial charge in [0.2, 0.25) is 5.13 Å². The van der Waals surface area contributed by atoms with E-state index in [1.54, 1.807) is 41.5 Å².